The van der Waals surface area contributed by atoms with Gasteiger partial charge in [0.25, 0.3) is 5.91 Å². The van der Waals surface area contributed by atoms with E-state index in [1.807, 2.05) is 6.92 Å². The fourth-order valence-electron chi connectivity index (χ4n) is 2.39. The van der Waals surface area contributed by atoms with Gasteiger partial charge in [0, 0.05) is 18.8 Å². The molecule has 2 unspecified atom stereocenters. The van der Waals surface area contributed by atoms with Crippen LogP contribution in [0.4, 0.5) is 0 Å². The van der Waals surface area contributed by atoms with E-state index in [4.69, 9.17) is 5.14 Å². The minimum Gasteiger partial charge on any atom is -0.356 e. The van der Waals surface area contributed by atoms with Gasteiger partial charge >= 0.3 is 0 Å². The van der Waals surface area contributed by atoms with E-state index < -0.39 is 10.0 Å². The van der Waals surface area contributed by atoms with E-state index >= 15 is 0 Å². The van der Waals surface area contributed by atoms with Gasteiger partial charge in [0.15, 0.2) is 0 Å². The Morgan fingerprint density at radius 2 is 2.11 bits per heavy atom. The summed E-state index contributed by atoms with van der Waals surface area (Å²) in [6.45, 7) is 4.81. The lowest BCUT2D eigenvalue weighted by Crippen LogP contribution is -2.45. The summed E-state index contributed by atoms with van der Waals surface area (Å²) in [5, 5.41) is 5.03. The number of aromatic nitrogens is 1. The van der Waals surface area contributed by atoms with Crippen molar-refractivity contribution in [3.05, 3.63) is 18.0 Å². The number of sulfonamides is 1. The highest BCUT2D eigenvalue weighted by Gasteiger charge is 2.28. The average molecular weight is 285 g/mol. The molecule has 0 aliphatic carbocycles. The highest BCUT2D eigenvalue weighted by atomic mass is 32.2. The molecule has 2 rings (SSSR count). The second kappa shape index (κ2) is 4.97. The molecule has 19 heavy (non-hydrogen) atoms. The van der Waals surface area contributed by atoms with Gasteiger partial charge < -0.3 is 9.88 Å². The minimum absolute atomic E-state index is 0.0615. The van der Waals surface area contributed by atoms with Crippen LogP contribution in [0.3, 0.4) is 0 Å². The normalized spacial score (nSPS) is 24.5. The molecule has 1 fully saturated rings. The predicted octanol–water partition coefficient (Wildman–Crippen LogP) is 0.923. The third-order valence-electron chi connectivity index (χ3n) is 3.59. The highest BCUT2D eigenvalue weighted by Crippen LogP contribution is 2.23. The van der Waals surface area contributed by atoms with Crippen LogP contribution >= 0.6 is 0 Å². The topological polar surface area (TPSA) is 96.3 Å². The summed E-state index contributed by atoms with van der Waals surface area (Å²) in [5.74, 6) is 0.293. The molecule has 1 aromatic rings. The van der Waals surface area contributed by atoms with Gasteiger partial charge in [-0.1, -0.05) is 6.92 Å². The number of primary sulfonamides is 1. The molecule has 0 bridgehead atoms. The number of nitrogens with one attached hydrogen (secondary N) is 1. The first-order valence-electron chi connectivity index (χ1n) is 6.31. The number of hydrogen-bond donors (Lipinski definition) is 2. The first kappa shape index (κ1) is 14.1. The molecule has 1 aromatic heterocycles. The molecule has 2 atom stereocenters. The van der Waals surface area contributed by atoms with Gasteiger partial charge in [0.05, 0.1) is 4.90 Å². The van der Waals surface area contributed by atoms with Crippen molar-refractivity contribution in [1.29, 1.82) is 0 Å². The zero-order chi connectivity index (χ0) is 14.2. The Kier molecular flexibility index (Phi) is 3.69. The lowest BCUT2D eigenvalue weighted by molar-refractivity contribution is 0.0568. The Balaban J connectivity index is 2.22. The monoisotopic (exact) mass is 285 g/mol. The second-order valence-corrected chi connectivity index (χ2v) is 6.84. The molecule has 0 spiro atoms. The summed E-state index contributed by atoms with van der Waals surface area (Å²) in [6, 6.07) is 1.47. The first-order valence-corrected chi connectivity index (χ1v) is 7.86. The Hall–Kier alpha value is -1.34. The van der Waals surface area contributed by atoms with E-state index in [0.29, 0.717) is 12.5 Å². The smallest absolute Gasteiger partial charge is 0.270 e. The van der Waals surface area contributed by atoms with E-state index in [9.17, 15) is 13.2 Å². The van der Waals surface area contributed by atoms with Crippen LogP contribution in [0.2, 0.25) is 0 Å². The Bertz CT molecular complexity index is 579. The van der Waals surface area contributed by atoms with E-state index in [1.165, 1.54) is 12.3 Å². The van der Waals surface area contributed by atoms with Gasteiger partial charge in [-0.2, -0.15) is 0 Å². The number of likely N-dealkylation sites (tertiary alicyclic amines) is 1. The van der Waals surface area contributed by atoms with Crippen LogP contribution in [-0.4, -0.2) is 36.8 Å². The van der Waals surface area contributed by atoms with Crippen molar-refractivity contribution in [3.8, 4) is 0 Å². The largest absolute Gasteiger partial charge is 0.356 e. The molecule has 1 amide bonds. The third-order valence-corrected chi connectivity index (χ3v) is 4.49. The fourth-order valence-corrected chi connectivity index (χ4v) is 2.89. The lowest BCUT2D eigenvalue weighted by Gasteiger charge is -2.36. The summed E-state index contributed by atoms with van der Waals surface area (Å²) in [5.41, 5.74) is 0.268. The summed E-state index contributed by atoms with van der Waals surface area (Å²) < 4.78 is 22.4. The molecule has 106 valence electrons. The maximum atomic E-state index is 12.4. The quantitative estimate of drug-likeness (QED) is 0.845. The van der Waals surface area contributed by atoms with Crippen molar-refractivity contribution in [2.45, 2.75) is 37.6 Å². The number of nitrogens with zero attached hydrogens (tertiary/aromatic N) is 1. The second-order valence-electron chi connectivity index (χ2n) is 5.28. The summed E-state index contributed by atoms with van der Waals surface area (Å²) >= 11 is 0. The van der Waals surface area contributed by atoms with E-state index in [0.717, 1.165) is 12.8 Å². The molecule has 7 heteroatoms. The van der Waals surface area contributed by atoms with Crippen molar-refractivity contribution in [2.75, 3.05) is 6.54 Å². The zero-order valence-corrected chi connectivity index (χ0v) is 11.9. The molecule has 2 heterocycles. The predicted molar refractivity (Wildman–Crippen MR) is 71.1 cm³/mol. The number of hydrogen-bond acceptors (Lipinski definition) is 3. The van der Waals surface area contributed by atoms with Crippen LogP contribution in [-0.2, 0) is 10.0 Å². The van der Waals surface area contributed by atoms with E-state index in [1.54, 1.807) is 4.90 Å². The van der Waals surface area contributed by atoms with E-state index in [2.05, 4.69) is 11.9 Å². The molecule has 3 N–H and O–H groups in total. The first-order chi connectivity index (χ1) is 8.79. The van der Waals surface area contributed by atoms with Gasteiger partial charge in [-0.3, -0.25) is 4.79 Å². The number of rotatable bonds is 2. The Morgan fingerprint density at radius 1 is 1.42 bits per heavy atom. The van der Waals surface area contributed by atoms with Crippen molar-refractivity contribution in [3.63, 3.8) is 0 Å². The number of piperidine rings is 1. The standard InChI is InChI=1S/C12H19N3O3S/c1-8-3-4-9(2)15(7-8)12(16)11-5-10(6-14-11)19(13,17)18/h5-6,8-9,14H,3-4,7H2,1-2H3,(H2,13,17,18). The third kappa shape index (κ3) is 2.98. The number of aromatic amines is 1. The average Bonchev–Trinajstić information content (AvgIpc) is 2.80. The van der Waals surface area contributed by atoms with Gasteiger partial charge in [0.1, 0.15) is 5.69 Å². The Labute approximate surface area is 113 Å². The van der Waals surface area contributed by atoms with Crippen LogP contribution < -0.4 is 5.14 Å². The van der Waals surface area contributed by atoms with E-state index in [-0.39, 0.29) is 22.5 Å². The molecular formula is C12H19N3O3S. The van der Waals surface area contributed by atoms with Crippen LogP contribution in [0.5, 0.6) is 0 Å². The summed E-state index contributed by atoms with van der Waals surface area (Å²) in [4.78, 5) is 16.8. The maximum Gasteiger partial charge on any atom is 0.270 e. The highest BCUT2D eigenvalue weighted by molar-refractivity contribution is 7.89. The number of carbonyl (C=O) groups excluding carboxylic acids is 1. The van der Waals surface area contributed by atoms with Crippen LogP contribution in [0.25, 0.3) is 0 Å². The molecule has 1 saturated heterocycles. The van der Waals surface area contributed by atoms with Crippen molar-refractivity contribution >= 4 is 15.9 Å². The Morgan fingerprint density at radius 3 is 2.68 bits per heavy atom. The number of amides is 1. The molecule has 0 aromatic carbocycles. The zero-order valence-electron chi connectivity index (χ0n) is 11.1. The molecule has 0 radical (unpaired) electrons. The van der Waals surface area contributed by atoms with Gasteiger partial charge in [0.2, 0.25) is 10.0 Å². The minimum atomic E-state index is -3.77. The van der Waals surface area contributed by atoms with Crippen molar-refractivity contribution in [1.82, 2.24) is 9.88 Å². The van der Waals surface area contributed by atoms with Gasteiger partial charge in [-0.25, -0.2) is 13.6 Å². The van der Waals surface area contributed by atoms with Crippen LogP contribution in [0.15, 0.2) is 17.2 Å². The summed E-state index contributed by atoms with van der Waals surface area (Å²) in [7, 11) is -3.77. The molecule has 1 aliphatic heterocycles. The number of H-pyrrole nitrogens is 1. The van der Waals surface area contributed by atoms with Gasteiger partial charge in [-0.05, 0) is 31.7 Å². The summed E-state index contributed by atoms with van der Waals surface area (Å²) in [6.07, 6.45) is 3.33. The van der Waals surface area contributed by atoms with Crippen molar-refractivity contribution < 1.29 is 13.2 Å². The van der Waals surface area contributed by atoms with Crippen molar-refractivity contribution in [2.24, 2.45) is 11.1 Å². The molecule has 0 saturated carbocycles. The van der Waals surface area contributed by atoms with Gasteiger partial charge in [-0.15, -0.1) is 0 Å². The lowest BCUT2D eigenvalue weighted by atomic mass is 9.95. The molecule has 6 nitrogen and oxygen atoms in total. The fraction of sp³-hybridized carbons (Fsp3) is 0.583. The van der Waals surface area contributed by atoms with Crippen LogP contribution in [0, 0.1) is 5.92 Å². The number of nitrogens with two attached hydrogens (primary N) is 1. The molecular weight excluding hydrogens is 266 g/mol. The van der Waals surface area contributed by atoms with Crippen LogP contribution in [0.1, 0.15) is 37.2 Å². The maximum absolute atomic E-state index is 12.4. The number of carbonyl (C=O) groups is 1. The molecule has 1 aliphatic rings. The SMILES string of the molecule is CC1CCC(C)N(C(=O)c2cc(S(N)(=O)=O)c[nH]2)C1.